The number of nitrogens with two attached hydrogens (primary N) is 1. The number of methoxy groups -OCH3 is 2. The highest BCUT2D eigenvalue weighted by Gasteiger charge is 2.14. The standard InChI is InChI=1S/C14H20N2O6/c1-20-11-5-3-4-9(13(11)21-2)6-16-7-12(17)22-8-10(15)14(18)19/h3-5,10,16H,6-8,15H2,1-2H3,(H,18,19)/t10-/m1/s1. The van der Waals surface area contributed by atoms with Crippen LogP contribution in [0.2, 0.25) is 0 Å². The SMILES string of the molecule is COc1cccc(CNCC(=O)OC[C@@H](N)C(=O)O)c1OC. The van der Waals surface area contributed by atoms with Crippen LogP contribution in [0.15, 0.2) is 18.2 Å². The summed E-state index contributed by atoms with van der Waals surface area (Å²) >= 11 is 0. The molecule has 0 aliphatic rings. The smallest absolute Gasteiger partial charge is 0.324 e. The van der Waals surface area contributed by atoms with Crippen LogP contribution in [-0.4, -0.2) is 50.5 Å². The molecule has 0 unspecified atom stereocenters. The predicted octanol–water partition coefficient (Wildman–Crippen LogP) is -0.251. The van der Waals surface area contributed by atoms with E-state index in [9.17, 15) is 9.59 Å². The van der Waals surface area contributed by atoms with Crippen molar-refractivity contribution in [2.75, 3.05) is 27.4 Å². The molecular weight excluding hydrogens is 292 g/mol. The number of benzene rings is 1. The Bertz CT molecular complexity index is 520. The average molecular weight is 312 g/mol. The maximum atomic E-state index is 11.4. The van der Waals surface area contributed by atoms with Crippen LogP contribution < -0.4 is 20.5 Å². The summed E-state index contributed by atoms with van der Waals surface area (Å²) in [7, 11) is 3.07. The van der Waals surface area contributed by atoms with E-state index in [-0.39, 0.29) is 13.2 Å². The zero-order valence-corrected chi connectivity index (χ0v) is 12.5. The van der Waals surface area contributed by atoms with Crippen LogP contribution in [0.5, 0.6) is 11.5 Å². The summed E-state index contributed by atoms with van der Waals surface area (Å²) in [6, 6.07) is 4.19. The lowest BCUT2D eigenvalue weighted by Crippen LogP contribution is -2.37. The van der Waals surface area contributed by atoms with E-state index in [2.05, 4.69) is 5.32 Å². The van der Waals surface area contributed by atoms with E-state index in [1.54, 1.807) is 6.07 Å². The molecule has 8 nitrogen and oxygen atoms in total. The molecule has 0 heterocycles. The third-order valence-corrected chi connectivity index (χ3v) is 2.81. The van der Waals surface area contributed by atoms with Crippen molar-refractivity contribution in [2.24, 2.45) is 5.73 Å². The first kappa shape index (κ1) is 17.7. The van der Waals surface area contributed by atoms with Gasteiger partial charge in [0.05, 0.1) is 20.8 Å². The van der Waals surface area contributed by atoms with Crippen molar-refractivity contribution >= 4 is 11.9 Å². The molecule has 0 amide bonds. The molecule has 122 valence electrons. The minimum absolute atomic E-state index is 0.0767. The molecule has 0 fully saturated rings. The third-order valence-electron chi connectivity index (χ3n) is 2.81. The molecule has 22 heavy (non-hydrogen) atoms. The van der Waals surface area contributed by atoms with Crippen LogP contribution in [0.3, 0.4) is 0 Å². The van der Waals surface area contributed by atoms with Crippen LogP contribution in [0.1, 0.15) is 5.56 Å². The molecular formula is C14H20N2O6. The number of esters is 1. The Kier molecular flexibility index (Phi) is 7.14. The number of carbonyl (C=O) groups excluding carboxylic acids is 1. The monoisotopic (exact) mass is 312 g/mol. The first-order valence-corrected chi connectivity index (χ1v) is 6.54. The van der Waals surface area contributed by atoms with Crippen molar-refractivity contribution in [1.82, 2.24) is 5.32 Å². The van der Waals surface area contributed by atoms with Crippen molar-refractivity contribution in [2.45, 2.75) is 12.6 Å². The molecule has 1 aromatic carbocycles. The van der Waals surface area contributed by atoms with Gasteiger partial charge in [0.1, 0.15) is 12.6 Å². The molecule has 0 saturated carbocycles. The molecule has 0 bridgehead atoms. The first-order valence-electron chi connectivity index (χ1n) is 6.54. The van der Waals surface area contributed by atoms with Gasteiger partial charge in [0.2, 0.25) is 0 Å². The van der Waals surface area contributed by atoms with E-state index >= 15 is 0 Å². The van der Waals surface area contributed by atoms with Crippen molar-refractivity contribution in [3.8, 4) is 11.5 Å². The highest BCUT2D eigenvalue weighted by molar-refractivity contribution is 5.75. The average Bonchev–Trinajstić information content (AvgIpc) is 2.51. The molecule has 1 rings (SSSR count). The van der Waals surface area contributed by atoms with E-state index in [4.69, 9.17) is 25.1 Å². The summed E-state index contributed by atoms with van der Waals surface area (Å²) in [5.41, 5.74) is 6.04. The molecule has 1 aromatic rings. The van der Waals surface area contributed by atoms with Crippen molar-refractivity contribution in [3.05, 3.63) is 23.8 Å². The van der Waals surface area contributed by atoms with E-state index in [1.807, 2.05) is 12.1 Å². The number of hydrogen-bond acceptors (Lipinski definition) is 7. The van der Waals surface area contributed by atoms with Crippen LogP contribution in [0, 0.1) is 0 Å². The molecule has 0 aromatic heterocycles. The Morgan fingerprint density at radius 2 is 2.05 bits per heavy atom. The zero-order chi connectivity index (χ0) is 16.5. The van der Waals surface area contributed by atoms with Crippen LogP contribution in [0.4, 0.5) is 0 Å². The molecule has 0 aliphatic heterocycles. The fraction of sp³-hybridized carbons (Fsp3) is 0.429. The Hall–Kier alpha value is -2.32. The van der Waals surface area contributed by atoms with E-state index in [0.717, 1.165) is 5.56 Å². The van der Waals surface area contributed by atoms with Gasteiger partial charge in [-0.25, -0.2) is 0 Å². The summed E-state index contributed by atoms with van der Waals surface area (Å²) in [5, 5.41) is 11.5. The van der Waals surface area contributed by atoms with Gasteiger partial charge in [-0.15, -0.1) is 0 Å². The lowest BCUT2D eigenvalue weighted by atomic mass is 10.2. The fourth-order valence-corrected chi connectivity index (χ4v) is 1.70. The number of rotatable bonds is 9. The predicted molar refractivity (Wildman–Crippen MR) is 77.8 cm³/mol. The molecule has 0 saturated heterocycles. The second kappa shape index (κ2) is 8.85. The Morgan fingerprint density at radius 1 is 1.32 bits per heavy atom. The van der Waals surface area contributed by atoms with E-state index in [1.165, 1.54) is 14.2 Å². The Balaban J connectivity index is 2.44. The number of para-hydroxylation sites is 1. The topological polar surface area (TPSA) is 120 Å². The molecule has 4 N–H and O–H groups in total. The second-order valence-electron chi connectivity index (χ2n) is 4.38. The quantitative estimate of drug-likeness (QED) is 0.534. The van der Waals surface area contributed by atoms with Crippen molar-refractivity contribution < 1.29 is 28.9 Å². The second-order valence-corrected chi connectivity index (χ2v) is 4.38. The zero-order valence-electron chi connectivity index (χ0n) is 12.5. The highest BCUT2D eigenvalue weighted by atomic mass is 16.5. The number of carbonyl (C=O) groups is 2. The Morgan fingerprint density at radius 3 is 2.64 bits per heavy atom. The largest absolute Gasteiger partial charge is 0.493 e. The summed E-state index contributed by atoms with van der Waals surface area (Å²) < 4.78 is 15.2. The van der Waals surface area contributed by atoms with Gasteiger partial charge >= 0.3 is 11.9 Å². The van der Waals surface area contributed by atoms with Crippen LogP contribution >= 0.6 is 0 Å². The van der Waals surface area contributed by atoms with Crippen molar-refractivity contribution in [3.63, 3.8) is 0 Å². The molecule has 0 spiro atoms. The minimum atomic E-state index is -1.22. The van der Waals surface area contributed by atoms with Gasteiger partial charge in [0.25, 0.3) is 0 Å². The fourth-order valence-electron chi connectivity index (χ4n) is 1.70. The number of ether oxygens (including phenoxy) is 3. The lowest BCUT2D eigenvalue weighted by Gasteiger charge is -2.13. The molecule has 1 atom stereocenters. The molecule has 0 radical (unpaired) electrons. The third kappa shape index (κ3) is 5.23. The minimum Gasteiger partial charge on any atom is -0.493 e. The van der Waals surface area contributed by atoms with Crippen molar-refractivity contribution in [1.29, 1.82) is 0 Å². The lowest BCUT2D eigenvalue weighted by molar-refractivity contribution is -0.147. The number of carboxylic acids is 1. The Labute approximate surface area is 128 Å². The van der Waals surface area contributed by atoms with Crippen LogP contribution in [0.25, 0.3) is 0 Å². The number of carboxylic acid groups (broad SMARTS) is 1. The molecule has 0 aliphatic carbocycles. The van der Waals surface area contributed by atoms with Crippen LogP contribution in [-0.2, 0) is 20.9 Å². The summed E-state index contributed by atoms with van der Waals surface area (Å²) in [6.45, 7) is -0.0779. The number of aliphatic carboxylic acids is 1. The highest BCUT2D eigenvalue weighted by Crippen LogP contribution is 2.30. The normalized spacial score (nSPS) is 11.6. The summed E-state index contributed by atoms with van der Waals surface area (Å²) in [4.78, 5) is 21.9. The number of hydrogen-bond donors (Lipinski definition) is 3. The maximum absolute atomic E-state index is 11.4. The van der Waals surface area contributed by atoms with Gasteiger partial charge in [-0.05, 0) is 6.07 Å². The van der Waals surface area contributed by atoms with Gasteiger partial charge < -0.3 is 30.4 Å². The number of nitrogens with one attached hydrogen (secondary N) is 1. The summed E-state index contributed by atoms with van der Waals surface area (Å²) in [5.74, 6) is -0.629. The van der Waals surface area contributed by atoms with E-state index in [0.29, 0.717) is 18.0 Å². The van der Waals surface area contributed by atoms with Gasteiger partial charge in [0.15, 0.2) is 11.5 Å². The maximum Gasteiger partial charge on any atom is 0.324 e. The molecule has 8 heteroatoms. The van der Waals surface area contributed by atoms with E-state index < -0.39 is 18.0 Å². The van der Waals surface area contributed by atoms with Gasteiger partial charge in [-0.3, -0.25) is 9.59 Å². The first-order chi connectivity index (χ1) is 10.5. The summed E-state index contributed by atoms with van der Waals surface area (Å²) in [6.07, 6.45) is 0. The van der Waals surface area contributed by atoms with Gasteiger partial charge in [-0.2, -0.15) is 0 Å². The van der Waals surface area contributed by atoms with Gasteiger partial charge in [0, 0.05) is 12.1 Å². The van der Waals surface area contributed by atoms with Gasteiger partial charge in [-0.1, -0.05) is 12.1 Å².